The van der Waals surface area contributed by atoms with Crippen molar-refractivity contribution in [3.8, 4) is 5.75 Å². The number of ether oxygens (including phenoxy) is 1. The largest absolute Gasteiger partial charge is 0.496 e. The molecule has 0 amide bonds. The zero-order valence-electron chi connectivity index (χ0n) is 13.8. The predicted octanol–water partition coefficient (Wildman–Crippen LogP) is 3.62. The Bertz CT molecular complexity index is 608. The molecule has 1 aromatic heterocycles. The fourth-order valence-electron chi connectivity index (χ4n) is 1.97. The Morgan fingerprint density at radius 1 is 1.33 bits per heavy atom. The van der Waals surface area contributed by atoms with Gasteiger partial charge in [0.15, 0.2) is 5.96 Å². The van der Waals surface area contributed by atoms with Crippen molar-refractivity contribution >= 4 is 53.0 Å². The highest BCUT2D eigenvalue weighted by molar-refractivity contribution is 14.0. The van der Waals surface area contributed by atoms with E-state index >= 15 is 0 Å². The Morgan fingerprint density at radius 2 is 2.17 bits per heavy atom. The number of nitrogens with zero attached hydrogens (tertiary/aromatic N) is 2. The summed E-state index contributed by atoms with van der Waals surface area (Å²) in [4.78, 5) is 8.50. The molecule has 0 radical (unpaired) electrons. The summed E-state index contributed by atoms with van der Waals surface area (Å²) in [5, 5.41) is 8.64. The number of methoxy groups -OCH3 is 1. The topological polar surface area (TPSA) is 58.5 Å². The summed E-state index contributed by atoms with van der Waals surface area (Å²) in [6.45, 7) is 1.56. The van der Waals surface area contributed by atoms with Crippen LogP contribution in [0.2, 0.25) is 0 Å². The molecule has 0 aliphatic heterocycles. The molecule has 8 heteroatoms. The Balaban J connectivity index is 0.00000288. The van der Waals surface area contributed by atoms with Gasteiger partial charge in [-0.2, -0.15) is 0 Å². The van der Waals surface area contributed by atoms with Crippen LogP contribution in [0.15, 0.2) is 45.2 Å². The van der Waals surface area contributed by atoms with Gasteiger partial charge in [-0.05, 0) is 12.5 Å². The van der Waals surface area contributed by atoms with E-state index in [0.717, 1.165) is 40.3 Å². The number of aromatic nitrogens is 1. The van der Waals surface area contributed by atoms with Crippen molar-refractivity contribution in [1.82, 2.24) is 15.6 Å². The van der Waals surface area contributed by atoms with Crippen molar-refractivity contribution in [2.75, 3.05) is 26.5 Å². The third kappa shape index (κ3) is 7.27. The van der Waals surface area contributed by atoms with Crippen LogP contribution in [0.3, 0.4) is 0 Å². The Hall–Kier alpha value is -1.000. The summed E-state index contributed by atoms with van der Waals surface area (Å²) < 4.78 is 6.48. The van der Waals surface area contributed by atoms with E-state index in [1.807, 2.05) is 35.8 Å². The lowest BCUT2D eigenvalue weighted by Crippen LogP contribution is -2.37. The molecule has 0 spiro atoms. The van der Waals surface area contributed by atoms with Gasteiger partial charge in [0.25, 0.3) is 0 Å². The fourth-order valence-corrected chi connectivity index (χ4v) is 3.62. The minimum atomic E-state index is 0. The molecule has 0 saturated carbocycles. The highest BCUT2D eigenvalue weighted by atomic mass is 127. The smallest absolute Gasteiger partial charge is 0.191 e. The third-order valence-corrected chi connectivity index (χ3v) is 5.16. The van der Waals surface area contributed by atoms with Gasteiger partial charge in [0.05, 0.1) is 7.11 Å². The van der Waals surface area contributed by atoms with Gasteiger partial charge in [-0.1, -0.05) is 30.0 Å². The Kier molecular flexibility index (Phi) is 10.9. The standard InChI is InChI=1S/C16H22N4OS2.HI/c1-17-15(18-8-5-10-22-16-19-9-11-23-16)20-12-13-6-3-4-7-14(13)21-2;/h3-4,6-7,9,11H,5,8,10,12H2,1-2H3,(H2,17,18,20);1H. The van der Waals surface area contributed by atoms with Crippen LogP contribution in [0.5, 0.6) is 5.75 Å². The predicted molar refractivity (Wildman–Crippen MR) is 114 cm³/mol. The second-order valence-corrected chi connectivity index (χ2v) is 6.90. The summed E-state index contributed by atoms with van der Waals surface area (Å²) in [5.41, 5.74) is 1.11. The Labute approximate surface area is 168 Å². The van der Waals surface area contributed by atoms with E-state index in [-0.39, 0.29) is 24.0 Å². The van der Waals surface area contributed by atoms with Gasteiger partial charge >= 0.3 is 0 Å². The van der Waals surface area contributed by atoms with Crippen LogP contribution in [0.4, 0.5) is 0 Å². The molecule has 132 valence electrons. The van der Waals surface area contributed by atoms with Crippen molar-refractivity contribution < 1.29 is 4.74 Å². The average molecular weight is 478 g/mol. The number of nitrogens with one attached hydrogen (secondary N) is 2. The second-order valence-electron chi connectivity index (χ2n) is 4.66. The van der Waals surface area contributed by atoms with Crippen LogP contribution in [0.1, 0.15) is 12.0 Å². The molecule has 2 rings (SSSR count). The quantitative estimate of drug-likeness (QED) is 0.200. The van der Waals surface area contributed by atoms with E-state index in [0.29, 0.717) is 6.54 Å². The zero-order chi connectivity index (χ0) is 16.3. The van der Waals surface area contributed by atoms with Crippen molar-refractivity contribution in [3.63, 3.8) is 0 Å². The molecule has 2 aromatic rings. The number of thiazole rings is 1. The maximum absolute atomic E-state index is 5.35. The molecule has 1 aromatic carbocycles. The highest BCUT2D eigenvalue weighted by Crippen LogP contribution is 2.20. The van der Waals surface area contributed by atoms with Gasteiger partial charge in [-0.25, -0.2) is 4.98 Å². The number of hydrogen-bond donors (Lipinski definition) is 2. The van der Waals surface area contributed by atoms with Crippen molar-refractivity contribution in [2.24, 2.45) is 4.99 Å². The van der Waals surface area contributed by atoms with E-state index < -0.39 is 0 Å². The van der Waals surface area contributed by atoms with Crippen LogP contribution in [-0.2, 0) is 6.54 Å². The number of rotatable bonds is 8. The first-order valence-corrected chi connectivity index (χ1v) is 9.28. The van der Waals surface area contributed by atoms with Crippen LogP contribution in [0.25, 0.3) is 0 Å². The molecule has 2 N–H and O–H groups in total. The van der Waals surface area contributed by atoms with E-state index in [1.165, 1.54) is 0 Å². The molecule has 24 heavy (non-hydrogen) atoms. The molecular formula is C16H23IN4OS2. The molecule has 5 nitrogen and oxygen atoms in total. The van der Waals surface area contributed by atoms with Gasteiger partial charge in [-0.3, -0.25) is 4.99 Å². The molecule has 0 unspecified atom stereocenters. The van der Waals surface area contributed by atoms with E-state index in [9.17, 15) is 0 Å². The molecule has 0 fully saturated rings. The van der Waals surface area contributed by atoms with E-state index in [2.05, 4.69) is 20.6 Å². The summed E-state index contributed by atoms with van der Waals surface area (Å²) in [6.07, 6.45) is 2.90. The maximum atomic E-state index is 5.35. The number of aliphatic imine (C=N–C) groups is 1. The average Bonchev–Trinajstić information content (AvgIpc) is 3.11. The summed E-state index contributed by atoms with van der Waals surface area (Å²) in [6, 6.07) is 7.98. The number of guanidine groups is 1. The van der Waals surface area contributed by atoms with Crippen LogP contribution >= 0.6 is 47.1 Å². The van der Waals surface area contributed by atoms with Crippen molar-refractivity contribution in [3.05, 3.63) is 41.4 Å². The lowest BCUT2D eigenvalue weighted by molar-refractivity contribution is 0.409. The van der Waals surface area contributed by atoms with Crippen molar-refractivity contribution in [1.29, 1.82) is 0 Å². The Morgan fingerprint density at radius 3 is 2.88 bits per heavy atom. The fraction of sp³-hybridized carbons (Fsp3) is 0.375. The van der Waals surface area contributed by atoms with Gasteiger partial charge in [0, 0.05) is 43.0 Å². The summed E-state index contributed by atoms with van der Waals surface area (Å²) in [5.74, 6) is 2.73. The molecule has 0 aliphatic rings. The molecule has 0 atom stereocenters. The highest BCUT2D eigenvalue weighted by Gasteiger charge is 2.03. The minimum absolute atomic E-state index is 0. The number of para-hydroxylation sites is 1. The van der Waals surface area contributed by atoms with Gasteiger partial charge < -0.3 is 15.4 Å². The third-order valence-electron chi connectivity index (χ3n) is 3.11. The number of benzene rings is 1. The second kappa shape index (κ2) is 12.4. The number of halogens is 1. The van der Waals surface area contributed by atoms with Gasteiger partial charge in [-0.15, -0.1) is 35.3 Å². The normalized spacial score (nSPS) is 10.8. The zero-order valence-corrected chi connectivity index (χ0v) is 17.8. The number of hydrogen-bond acceptors (Lipinski definition) is 5. The SMILES string of the molecule is CN=C(NCCCSc1nccs1)NCc1ccccc1OC.I. The van der Waals surface area contributed by atoms with Crippen LogP contribution in [0, 0.1) is 0 Å². The summed E-state index contributed by atoms with van der Waals surface area (Å²) in [7, 11) is 3.47. The van der Waals surface area contributed by atoms with Crippen LogP contribution in [-0.4, -0.2) is 37.4 Å². The summed E-state index contributed by atoms with van der Waals surface area (Å²) >= 11 is 3.48. The van der Waals surface area contributed by atoms with Gasteiger partial charge in [0.2, 0.25) is 0 Å². The van der Waals surface area contributed by atoms with Gasteiger partial charge in [0.1, 0.15) is 10.1 Å². The lowest BCUT2D eigenvalue weighted by atomic mass is 10.2. The monoisotopic (exact) mass is 478 g/mol. The molecule has 0 bridgehead atoms. The lowest BCUT2D eigenvalue weighted by Gasteiger charge is -2.13. The minimum Gasteiger partial charge on any atom is -0.496 e. The first-order chi connectivity index (χ1) is 11.3. The first kappa shape index (κ1) is 21.0. The van der Waals surface area contributed by atoms with E-state index in [1.54, 1.807) is 37.3 Å². The molecule has 0 aliphatic carbocycles. The molecule has 0 saturated heterocycles. The van der Waals surface area contributed by atoms with Crippen LogP contribution < -0.4 is 15.4 Å². The maximum Gasteiger partial charge on any atom is 0.191 e. The molecular weight excluding hydrogens is 455 g/mol. The molecule has 1 heterocycles. The number of thioether (sulfide) groups is 1. The van der Waals surface area contributed by atoms with Crippen molar-refractivity contribution in [2.45, 2.75) is 17.3 Å². The van der Waals surface area contributed by atoms with E-state index in [4.69, 9.17) is 4.74 Å². The first-order valence-electron chi connectivity index (χ1n) is 7.42.